The first-order valence-electron chi connectivity index (χ1n) is 12.6. The van der Waals surface area contributed by atoms with Crippen LogP contribution in [-0.2, 0) is 9.53 Å². The molecule has 0 saturated carbocycles. The molecule has 6 heteroatoms. The van der Waals surface area contributed by atoms with Crippen LogP contribution < -0.4 is 5.32 Å². The Morgan fingerprint density at radius 2 is 1.71 bits per heavy atom. The van der Waals surface area contributed by atoms with Crippen LogP contribution in [0.5, 0.6) is 0 Å². The molecule has 1 N–H and O–H groups in total. The summed E-state index contributed by atoms with van der Waals surface area (Å²) in [5.74, 6) is 1.31. The maximum atomic E-state index is 13.0. The normalized spacial score (nSPS) is 25.3. The fourth-order valence-corrected chi connectivity index (χ4v) is 5.77. The summed E-state index contributed by atoms with van der Waals surface area (Å²) in [4.78, 5) is 30.4. The lowest BCUT2D eigenvalue weighted by molar-refractivity contribution is -0.125. The van der Waals surface area contributed by atoms with E-state index < -0.39 is 0 Å². The molecule has 0 spiro atoms. The summed E-state index contributed by atoms with van der Waals surface area (Å²) in [7, 11) is 0. The van der Waals surface area contributed by atoms with E-state index in [-0.39, 0.29) is 23.8 Å². The molecule has 6 nitrogen and oxygen atoms in total. The molecule has 0 aliphatic carbocycles. The number of carbonyl (C=O) groups excluding carboxylic acids is 2. The highest BCUT2D eigenvalue weighted by Crippen LogP contribution is 2.33. The quantitative estimate of drug-likeness (QED) is 0.688. The number of nitrogens with zero attached hydrogens (tertiary/aromatic N) is 2. The smallest absolute Gasteiger partial charge is 0.254 e. The zero-order chi connectivity index (χ0) is 23.5. The van der Waals surface area contributed by atoms with Gasteiger partial charge < -0.3 is 19.9 Å². The van der Waals surface area contributed by atoms with Crippen LogP contribution in [0.2, 0.25) is 0 Å². The molecule has 0 aromatic heterocycles. The van der Waals surface area contributed by atoms with Crippen molar-refractivity contribution < 1.29 is 14.3 Å². The summed E-state index contributed by atoms with van der Waals surface area (Å²) in [5.41, 5.74) is 3.03. The van der Waals surface area contributed by atoms with Gasteiger partial charge in [0.15, 0.2) is 0 Å². The predicted molar refractivity (Wildman–Crippen MR) is 131 cm³/mol. The number of fused-ring (bicyclic) bond motifs is 1. The van der Waals surface area contributed by atoms with Gasteiger partial charge in [0.2, 0.25) is 5.91 Å². The van der Waals surface area contributed by atoms with Gasteiger partial charge in [-0.05, 0) is 48.8 Å². The van der Waals surface area contributed by atoms with Gasteiger partial charge in [-0.2, -0.15) is 0 Å². The highest BCUT2D eigenvalue weighted by molar-refractivity contribution is 5.95. The third-order valence-electron chi connectivity index (χ3n) is 7.78. The Morgan fingerprint density at radius 1 is 1.00 bits per heavy atom. The first-order chi connectivity index (χ1) is 16.6. The average molecular weight is 462 g/mol. The maximum absolute atomic E-state index is 13.0. The lowest BCUT2D eigenvalue weighted by Gasteiger charge is -2.25. The second kappa shape index (κ2) is 10.3. The summed E-state index contributed by atoms with van der Waals surface area (Å²) in [5, 5.41) is 3.30. The fraction of sp³-hybridized carbons (Fsp3) is 0.500. The first kappa shape index (κ1) is 23.1. The van der Waals surface area contributed by atoms with Crippen molar-refractivity contribution in [2.24, 2.45) is 17.8 Å². The minimum atomic E-state index is -0.0332. The number of carbonyl (C=O) groups is 2. The lowest BCUT2D eigenvalue weighted by Crippen LogP contribution is -2.37. The first-order valence-corrected chi connectivity index (χ1v) is 12.6. The Labute approximate surface area is 202 Å². The van der Waals surface area contributed by atoms with Crippen molar-refractivity contribution >= 4 is 11.8 Å². The Morgan fingerprint density at radius 3 is 2.38 bits per heavy atom. The zero-order valence-electron chi connectivity index (χ0n) is 20.0. The molecule has 0 radical (unpaired) electrons. The molecule has 34 heavy (non-hydrogen) atoms. The van der Waals surface area contributed by atoms with Gasteiger partial charge in [0.1, 0.15) is 0 Å². The van der Waals surface area contributed by atoms with Crippen LogP contribution in [0.15, 0.2) is 54.6 Å². The summed E-state index contributed by atoms with van der Waals surface area (Å²) in [6, 6.07) is 18.2. The topological polar surface area (TPSA) is 61.9 Å². The predicted octanol–water partition coefficient (Wildman–Crippen LogP) is 3.28. The Balaban J connectivity index is 1.16. The van der Waals surface area contributed by atoms with Gasteiger partial charge in [-0.1, -0.05) is 48.5 Å². The number of hydrogen-bond acceptors (Lipinski definition) is 4. The number of likely N-dealkylation sites (tertiary alicyclic amines) is 2. The van der Waals surface area contributed by atoms with E-state index in [0.717, 1.165) is 62.3 Å². The summed E-state index contributed by atoms with van der Waals surface area (Å²) in [6.07, 6.45) is 1.69. The van der Waals surface area contributed by atoms with Gasteiger partial charge in [-0.25, -0.2) is 0 Å². The van der Waals surface area contributed by atoms with E-state index in [1.807, 2.05) is 54.3 Å². The highest BCUT2D eigenvalue weighted by Gasteiger charge is 2.41. The van der Waals surface area contributed by atoms with E-state index in [1.165, 1.54) is 0 Å². The maximum Gasteiger partial charge on any atom is 0.254 e. The molecule has 3 saturated heterocycles. The second-order valence-electron chi connectivity index (χ2n) is 10.1. The molecule has 3 fully saturated rings. The van der Waals surface area contributed by atoms with E-state index in [1.54, 1.807) is 0 Å². The monoisotopic (exact) mass is 461 g/mol. The van der Waals surface area contributed by atoms with E-state index in [4.69, 9.17) is 4.74 Å². The molecule has 3 unspecified atom stereocenters. The molecule has 5 rings (SSSR count). The molecule has 2 amide bonds. The molecular formula is C28H35N3O3. The van der Waals surface area contributed by atoms with Crippen LogP contribution in [0.4, 0.5) is 0 Å². The number of amides is 2. The van der Waals surface area contributed by atoms with E-state index in [2.05, 4.69) is 22.3 Å². The number of ether oxygens (including phenoxy) is 1. The van der Waals surface area contributed by atoms with E-state index >= 15 is 0 Å². The van der Waals surface area contributed by atoms with Crippen LogP contribution in [-0.4, -0.2) is 67.6 Å². The SMILES string of the molecule is Cc1ccccc1C(=O)N1CC2CN(CCC(NC(=O)C3CCOC3)c3ccccc3)C[C@H]2C1. The molecule has 2 aromatic rings. The number of aryl methyl sites for hydroxylation is 1. The fourth-order valence-electron chi connectivity index (χ4n) is 5.77. The highest BCUT2D eigenvalue weighted by atomic mass is 16.5. The molecule has 3 heterocycles. The summed E-state index contributed by atoms with van der Waals surface area (Å²) in [6.45, 7) is 7.88. The van der Waals surface area contributed by atoms with Gasteiger partial charge in [0, 0.05) is 44.9 Å². The van der Waals surface area contributed by atoms with Crippen molar-refractivity contribution in [1.82, 2.24) is 15.1 Å². The van der Waals surface area contributed by atoms with Crippen molar-refractivity contribution in [3.8, 4) is 0 Å². The Hall–Kier alpha value is -2.70. The molecular weight excluding hydrogens is 426 g/mol. The van der Waals surface area contributed by atoms with E-state index in [9.17, 15) is 9.59 Å². The van der Waals surface area contributed by atoms with Gasteiger partial charge in [-0.15, -0.1) is 0 Å². The minimum absolute atomic E-state index is 0.00822. The van der Waals surface area contributed by atoms with E-state index in [0.29, 0.717) is 25.0 Å². The number of nitrogens with one attached hydrogen (secondary N) is 1. The van der Waals surface area contributed by atoms with Crippen molar-refractivity contribution in [3.05, 3.63) is 71.3 Å². The molecule has 2 aromatic carbocycles. The summed E-state index contributed by atoms with van der Waals surface area (Å²) >= 11 is 0. The Kier molecular flexibility index (Phi) is 6.97. The molecule has 0 bridgehead atoms. The summed E-state index contributed by atoms with van der Waals surface area (Å²) < 4.78 is 5.41. The number of hydrogen-bond donors (Lipinski definition) is 1. The van der Waals surface area contributed by atoms with Crippen molar-refractivity contribution in [2.75, 3.05) is 45.9 Å². The second-order valence-corrected chi connectivity index (χ2v) is 10.1. The number of benzene rings is 2. The molecule has 3 aliphatic rings. The van der Waals surface area contributed by atoms with Crippen molar-refractivity contribution in [2.45, 2.75) is 25.8 Å². The standard InChI is InChI=1S/C28H35N3O3/c1-20-7-5-6-10-25(20)28(33)31-17-23-15-30(16-24(23)18-31)13-11-26(21-8-3-2-4-9-21)29-27(32)22-12-14-34-19-22/h2-10,22-24,26H,11-19H2,1H3,(H,29,32)/t22?,23-,24?,26?/m0/s1. The average Bonchev–Trinajstić information content (AvgIpc) is 3.59. The van der Waals surface area contributed by atoms with Crippen LogP contribution in [0.1, 0.15) is 40.4 Å². The largest absolute Gasteiger partial charge is 0.381 e. The van der Waals surface area contributed by atoms with Crippen LogP contribution in [0, 0.1) is 24.7 Å². The molecule has 3 aliphatic heterocycles. The van der Waals surface area contributed by atoms with Crippen LogP contribution >= 0.6 is 0 Å². The minimum Gasteiger partial charge on any atom is -0.381 e. The van der Waals surface area contributed by atoms with Crippen LogP contribution in [0.25, 0.3) is 0 Å². The Bertz CT molecular complexity index is 991. The van der Waals surface area contributed by atoms with Gasteiger partial charge in [0.25, 0.3) is 5.91 Å². The van der Waals surface area contributed by atoms with Crippen molar-refractivity contribution in [1.29, 1.82) is 0 Å². The third kappa shape index (κ3) is 5.03. The number of rotatable bonds is 7. The van der Waals surface area contributed by atoms with Gasteiger partial charge in [0.05, 0.1) is 18.6 Å². The zero-order valence-corrected chi connectivity index (χ0v) is 20.0. The van der Waals surface area contributed by atoms with Crippen LogP contribution in [0.3, 0.4) is 0 Å². The molecule has 180 valence electrons. The lowest BCUT2D eigenvalue weighted by atomic mass is 10.0. The molecule has 4 atom stereocenters. The van der Waals surface area contributed by atoms with Gasteiger partial charge >= 0.3 is 0 Å². The van der Waals surface area contributed by atoms with Gasteiger partial charge in [-0.3, -0.25) is 9.59 Å². The van der Waals surface area contributed by atoms with Crippen molar-refractivity contribution in [3.63, 3.8) is 0 Å². The third-order valence-corrected chi connectivity index (χ3v) is 7.78.